The summed E-state index contributed by atoms with van der Waals surface area (Å²) >= 11 is 1.99. The van der Waals surface area contributed by atoms with Crippen LogP contribution >= 0.6 is 11.8 Å². The minimum absolute atomic E-state index is 0.379. The number of anilines is 1. The molecule has 5 nitrogen and oxygen atoms in total. The largest absolute Gasteiger partial charge is 0.465 e. The molecule has 1 aliphatic heterocycles. The molecule has 0 aliphatic carbocycles. The third-order valence-corrected chi connectivity index (χ3v) is 4.71. The molecule has 3 rings (SSSR count). The van der Waals surface area contributed by atoms with Crippen molar-refractivity contribution in [3.8, 4) is 0 Å². The van der Waals surface area contributed by atoms with E-state index in [1.807, 2.05) is 22.6 Å². The third-order valence-electron chi connectivity index (χ3n) is 3.66. The molecular formula is C14H17N3O2S. The van der Waals surface area contributed by atoms with Crippen LogP contribution in [-0.4, -0.2) is 34.4 Å². The molecule has 0 spiro atoms. The SMILES string of the molecule is COC(=O)c1cc2nn(C3CCSCC3)cc2cc1N. The lowest BCUT2D eigenvalue weighted by atomic mass is 10.1. The number of thioether (sulfide) groups is 1. The molecule has 0 unspecified atom stereocenters. The van der Waals surface area contributed by atoms with E-state index >= 15 is 0 Å². The highest BCUT2D eigenvalue weighted by atomic mass is 32.2. The molecule has 1 aromatic heterocycles. The summed E-state index contributed by atoms with van der Waals surface area (Å²) in [4.78, 5) is 11.6. The average Bonchev–Trinajstić information content (AvgIpc) is 2.89. The van der Waals surface area contributed by atoms with Crippen molar-refractivity contribution in [2.75, 3.05) is 24.3 Å². The van der Waals surface area contributed by atoms with Gasteiger partial charge in [0.05, 0.1) is 24.2 Å². The van der Waals surface area contributed by atoms with Crippen molar-refractivity contribution in [2.45, 2.75) is 18.9 Å². The Hall–Kier alpha value is -1.69. The van der Waals surface area contributed by atoms with Crippen LogP contribution in [0.4, 0.5) is 5.69 Å². The van der Waals surface area contributed by atoms with Crippen molar-refractivity contribution >= 4 is 34.3 Å². The van der Waals surface area contributed by atoms with Crippen LogP contribution in [0.2, 0.25) is 0 Å². The number of esters is 1. The third kappa shape index (κ3) is 2.35. The van der Waals surface area contributed by atoms with E-state index in [9.17, 15) is 4.79 Å². The van der Waals surface area contributed by atoms with Crippen LogP contribution in [0, 0.1) is 0 Å². The van der Waals surface area contributed by atoms with Crippen molar-refractivity contribution in [3.63, 3.8) is 0 Å². The van der Waals surface area contributed by atoms with E-state index < -0.39 is 5.97 Å². The molecule has 1 saturated heterocycles. The summed E-state index contributed by atoms with van der Waals surface area (Å²) in [5.74, 6) is 1.93. The Morgan fingerprint density at radius 3 is 2.90 bits per heavy atom. The molecule has 1 fully saturated rings. The van der Waals surface area contributed by atoms with Crippen molar-refractivity contribution in [1.29, 1.82) is 0 Å². The molecule has 2 heterocycles. The van der Waals surface area contributed by atoms with E-state index in [1.54, 1.807) is 12.1 Å². The highest BCUT2D eigenvalue weighted by Crippen LogP contribution is 2.29. The summed E-state index contributed by atoms with van der Waals surface area (Å²) in [5, 5.41) is 5.57. The molecule has 0 amide bonds. The number of aromatic nitrogens is 2. The van der Waals surface area contributed by atoms with Gasteiger partial charge in [-0.25, -0.2) is 4.79 Å². The highest BCUT2D eigenvalue weighted by Gasteiger charge is 2.18. The Morgan fingerprint density at radius 1 is 1.45 bits per heavy atom. The van der Waals surface area contributed by atoms with Gasteiger partial charge >= 0.3 is 5.97 Å². The van der Waals surface area contributed by atoms with Gasteiger partial charge in [-0.15, -0.1) is 0 Å². The number of hydrogen-bond acceptors (Lipinski definition) is 5. The number of nitrogens with zero attached hydrogens (tertiary/aromatic N) is 2. The minimum Gasteiger partial charge on any atom is -0.465 e. The number of ether oxygens (including phenoxy) is 1. The van der Waals surface area contributed by atoms with Gasteiger partial charge in [-0.2, -0.15) is 16.9 Å². The summed E-state index contributed by atoms with van der Waals surface area (Å²) in [6.45, 7) is 0. The number of carbonyl (C=O) groups excluding carboxylic acids is 1. The molecule has 20 heavy (non-hydrogen) atoms. The predicted octanol–water partition coefficient (Wildman–Crippen LogP) is 2.47. The Balaban J connectivity index is 2.00. The lowest BCUT2D eigenvalue weighted by Crippen LogP contribution is -2.15. The van der Waals surface area contributed by atoms with E-state index in [0.29, 0.717) is 17.3 Å². The van der Waals surface area contributed by atoms with Gasteiger partial charge < -0.3 is 10.5 Å². The zero-order valence-corrected chi connectivity index (χ0v) is 12.2. The van der Waals surface area contributed by atoms with Crippen LogP contribution in [0.1, 0.15) is 29.2 Å². The Bertz CT molecular complexity index is 647. The number of methoxy groups -OCH3 is 1. The molecule has 0 bridgehead atoms. The van der Waals surface area contributed by atoms with E-state index in [0.717, 1.165) is 23.7 Å². The first-order valence-electron chi connectivity index (χ1n) is 6.63. The van der Waals surface area contributed by atoms with Gasteiger partial charge in [-0.1, -0.05) is 0 Å². The topological polar surface area (TPSA) is 70.1 Å². The van der Waals surface area contributed by atoms with Gasteiger partial charge in [-0.05, 0) is 36.5 Å². The zero-order chi connectivity index (χ0) is 14.1. The lowest BCUT2D eigenvalue weighted by molar-refractivity contribution is 0.0602. The second-order valence-corrected chi connectivity index (χ2v) is 6.17. The first-order valence-corrected chi connectivity index (χ1v) is 7.79. The zero-order valence-electron chi connectivity index (χ0n) is 11.3. The molecule has 1 aliphatic rings. The van der Waals surface area contributed by atoms with E-state index in [2.05, 4.69) is 5.10 Å². The normalized spacial score (nSPS) is 16.4. The van der Waals surface area contributed by atoms with Gasteiger partial charge in [0.15, 0.2) is 0 Å². The number of rotatable bonds is 2. The number of nitrogens with two attached hydrogens (primary N) is 1. The number of carbonyl (C=O) groups is 1. The van der Waals surface area contributed by atoms with Crippen LogP contribution in [0.5, 0.6) is 0 Å². The minimum atomic E-state index is -0.423. The van der Waals surface area contributed by atoms with Crippen LogP contribution in [0.25, 0.3) is 10.9 Å². The first-order chi connectivity index (χ1) is 9.69. The summed E-state index contributed by atoms with van der Waals surface area (Å²) < 4.78 is 6.75. The maximum absolute atomic E-state index is 11.6. The maximum atomic E-state index is 11.6. The second kappa shape index (κ2) is 5.36. The Morgan fingerprint density at radius 2 is 2.20 bits per heavy atom. The predicted molar refractivity (Wildman–Crippen MR) is 81.1 cm³/mol. The van der Waals surface area contributed by atoms with Gasteiger partial charge in [0.1, 0.15) is 0 Å². The molecule has 0 saturated carbocycles. The fourth-order valence-corrected chi connectivity index (χ4v) is 3.61. The highest BCUT2D eigenvalue weighted by molar-refractivity contribution is 7.99. The molecule has 1 aromatic carbocycles. The molecule has 0 radical (unpaired) electrons. The Kier molecular flexibility index (Phi) is 3.56. The summed E-state index contributed by atoms with van der Waals surface area (Å²) in [6, 6.07) is 3.96. The maximum Gasteiger partial charge on any atom is 0.340 e. The number of hydrogen-bond donors (Lipinski definition) is 1. The van der Waals surface area contributed by atoms with E-state index in [1.165, 1.54) is 18.6 Å². The van der Waals surface area contributed by atoms with Gasteiger partial charge in [0, 0.05) is 17.3 Å². The average molecular weight is 291 g/mol. The second-order valence-electron chi connectivity index (χ2n) is 4.94. The Labute approximate surface area is 121 Å². The molecule has 6 heteroatoms. The lowest BCUT2D eigenvalue weighted by Gasteiger charge is -2.21. The molecule has 0 atom stereocenters. The molecule has 2 aromatic rings. The van der Waals surface area contributed by atoms with Crippen molar-refractivity contribution in [3.05, 3.63) is 23.9 Å². The van der Waals surface area contributed by atoms with E-state index in [-0.39, 0.29) is 0 Å². The number of fused-ring (bicyclic) bond motifs is 1. The van der Waals surface area contributed by atoms with Gasteiger partial charge in [0.25, 0.3) is 0 Å². The van der Waals surface area contributed by atoms with Crippen LogP contribution in [0.3, 0.4) is 0 Å². The fourth-order valence-electron chi connectivity index (χ4n) is 2.53. The van der Waals surface area contributed by atoms with Crippen molar-refractivity contribution < 1.29 is 9.53 Å². The fraction of sp³-hybridized carbons (Fsp3) is 0.429. The quantitative estimate of drug-likeness (QED) is 0.680. The van der Waals surface area contributed by atoms with Crippen molar-refractivity contribution in [1.82, 2.24) is 9.78 Å². The monoisotopic (exact) mass is 291 g/mol. The number of nitrogen functional groups attached to an aromatic ring is 1. The molecular weight excluding hydrogens is 274 g/mol. The van der Waals surface area contributed by atoms with E-state index in [4.69, 9.17) is 10.5 Å². The number of benzene rings is 1. The van der Waals surface area contributed by atoms with Crippen molar-refractivity contribution in [2.24, 2.45) is 0 Å². The molecule has 106 valence electrons. The van der Waals surface area contributed by atoms with Gasteiger partial charge in [-0.3, -0.25) is 4.68 Å². The van der Waals surface area contributed by atoms with Crippen LogP contribution < -0.4 is 5.73 Å². The van der Waals surface area contributed by atoms with Gasteiger partial charge in [0.2, 0.25) is 0 Å². The summed E-state index contributed by atoms with van der Waals surface area (Å²) in [6.07, 6.45) is 4.30. The summed E-state index contributed by atoms with van der Waals surface area (Å²) in [5.41, 5.74) is 7.51. The standard InChI is InChI=1S/C14H17N3O2S/c1-19-14(18)11-7-13-9(6-12(11)15)8-17(16-13)10-2-4-20-5-3-10/h6-8,10H,2-5,15H2,1H3. The van der Waals surface area contributed by atoms with Crippen LogP contribution in [-0.2, 0) is 4.74 Å². The van der Waals surface area contributed by atoms with Crippen LogP contribution in [0.15, 0.2) is 18.3 Å². The summed E-state index contributed by atoms with van der Waals surface area (Å²) in [7, 11) is 1.35. The first kappa shape index (κ1) is 13.3. The molecule has 2 N–H and O–H groups in total. The smallest absolute Gasteiger partial charge is 0.340 e.